The van der Waals surface area contributed by atoms with Crippen molar-refractivity contribution in [2.75, 3.05) is 7.05 Å². The first-order valence-corrected chi connectivity index (χ1v) is 10.9. The zero-order valence-electron chi connectivity index (χ0n) is 16.8. The average molecular weight is 413 g/mol. The normalized spacial score (nSPS) is 16.3. The van der Waals surface area contributed by atoms with Gasteiger partial charge in [0.2, 0.25) is 0 Å². The molecule has 0 N–H and O–H groups in total. The molecule has 3 aromatic heterocycles. The van der Waals surface area contributed by atoms with Crippen molar-refractivity contribution in [2.24, 2.45) is 0 Å². The summed E-state index contributed by atoms with van der Waals surface area (Å²) >= 11 is 1.58. The number of rotatable bonds is 2. The van der Waals surface area contributed by atoms with Crippen molar-refractivity contribution in [1.29, 1.82) is 0 Å². The third-order valence-electron chi connectivity index (χ3n) is 6.39. The predicted octanol–water partition coefficient (Wildman–Crippen LogP) is 5.05. The molecule has 30 heavy (non-hydrogen) atoms. The Balaban J connectivity index is 1.59. The number of pyridine rings is 1. The van der Waals surface area contributed by atoms with E-state index in [1.54, 1.807) is 17.5 Å². The van der Waals surface area contributed by atoms with E-state index in [1.807, 2.05) is 42.6 Å². The summed E-state index contributed by atoms with van der Waals surface area (Å²) in [6, 6.07) is 12.6. The molecule has 6 heteroatoms. The van der Waals surface area contributed by atoms with Gasteiger partial charge in [-0.15, -0.1) is 11.3 Å². The average Bonchev–Trinajstić information content (AvgIpc) is 3.19. The van der Waals surface area contributed by atoms with E-state index < -0.39 is 0 Å². The van der Waals surface area contributed by atoms with Gasteiger partial charge in [0.15, 0.2) is 0 Å². The fraction of sp³-hybridized carbons (Fsp3) is 0.208. The second kappa shape index (κ2) is 6.12. The van der Waals surface area contributed by atoms with E-state index in [-0.39, 0.29) is 11.4 Å². The van der Waals surface area contributed by atoms with Crippen molar-refractivity contribution >= 4 is 17.2 Å². The van der Waals surface area contributed by atoms with E-state index in [0.29, 0.717) is 5.69 Å². The maximum Gasteiger partial charge on any atom is 0.271 e. The van der Waals surface area contributed by atoms with Crippen LogP contribution in [0.5, 0.6) is 0 Å². The second-order valence-corrected chi connectivity index (χ2v) is 9.03. The molecule has 4 heterocycles. The highest BCUT2D eigenvalue weighted by molar-refractivity contribution is 7.13. The van der Waals surface area contributed by atoms with Crippen LogP contribution in [0.2, 0.25) is 0 Å². The van der Waals surface area contributed by atoms with Crippen LogP contribution in [0.3, 0.4) is 0 Å². The van der Waals surface area contributed by atoms with Gasteiger partial charge in [0.1, 0.15) is 10.7 Å². The van der Waals surface area contributed by atoms with Crippen LogP contribution in [-0.4, -0.2) is 32.4 Å². The van der Waals surface area contributed by atoms with Crippen LogP contribution in [-0.2, 0) is 5.54 Å². The molecule has 0 radical (unpaired) electrons. The van der Waals surface area contributed by atoms with Crippen LogP contribution >= 0.6 is 11.3 Å². The van der Waals surface area contributed by atoms with Crippen molar-refractivity contribution in [3.8, 4) is 27.4 Å². The minimum Gasteiger partial charge on any atom is -0.331 e. The largest absolute Gasteiger partial charge is 0.331 e. The number of thiazole rings is 1. The van der Waals surface area contributed by atoms with Crippen LogP contribution in [0.25, 0.3) is 27.4 Å². The van der Waals surface area contributed by atoms with Crippen LogP contribution in [0.15, 0.2) is 60.4 Å². The first kappa shape index (κ1) is 17.6. The minimum atomic E-state index is -0.198. The molecular formula is C24H20N4OS. The molecule has 0 unspecified atom stereocenters. The quantitative estimate of drug-likeness (QED) is 0.463. The summed E-state index contributed by atoms with van der Waals surface area (Å²) in [5.74, 6) is 0.0602. The zero-order valence-corrected chi connectivity index (χ0v) is 17.6. The highest BCUT2D eigenvalue weighted by atomic mass is 32.1. The number of aromatic nitrogens is 3. The van der Waals surface area contributed by atoms with E-state index in [2.05, 4.69) is 45.0 Å². The van der Waals surface area contributed by atoms with Crippen LogP contribution in [0.1, 0.15) is 34.6 Å². The van der Waals surface area contributed by atoms with Gasteiger partial charge >= 0.3 is 0 Å². The molecule has 1 aliphatic carbocycles. The first-order valence-electron chi connectivity index (χ1n) is 10.1. The van der Waals surface area contributed by atoms with Crippen molar-refractivity contribution in [3.05, 3.63) is 77.3 Å². The van der Waals surface area contributed by atoms with Gasteiger partial charge in [-0.05, 0) is 43.5 Å². The number of benzene rings is 1. The number of hydrogen-bond donors (Lipinski definition) is 0. The molecule has 1 saturated carbocycles. The fourth-order valence-electron chi connectivity index (χ4n) is 4.52. The van der Waals surface area contributed by atoms with Crippen molar-refractivity contribution in [3.63, 3.8) is 0 Å². The Hall–Kier alpha value is -3.25. The molecule has 148 valence electrons. The first-order chi connectivity index (χ1) is 14.6. The Morgan fingerprint density at radius 3 is 2.57 bits per heavy atom. The van der Waals surface area contributed by atoms with E-state index >= 15 is 0 Å². The number of carbonyl (C=O) groups excluding carboxylic acids is 1. The monoisotopic (exact) mass is 412 g/mol. The van der Waals surface area contributed by atoms with E-state index in [1.165, 1.54) is 5.56 Å². The van der Waals surface area contributed by atoms with E-state index in [4.69, 9.17) is 0 Å². The molecule has 0 saturated heterocycles. The smallest absolute Gasteiger partial charge is 0.271 e. The number of nitrogens with zero attached hydrogens (tertiary/aromatic N) is 4. The molecule has 1 spiro atoms. The number of aryl methyl sites for hydroxylation is 1. The Labute approximate surface area is 178 Å². The molecule has 6 rings (SSSR count). The highest BCUT2D eigenvalue weighted by Crippen LogP contribution is 2.54. The number of fused-ring (bicyclic) bond motifs is 4. The molecule has 4 aromatic rings. The van der Waals surface area contributed by atoms with Gasteiger partial charge in [-0.25, -0.2) is 4.98 Å². The third-order valence-corrected chi connectivity index (χ3v) is 7.21. The summed E-state index contributed by atoms with van der Waals surface area (Å²) in [6.07, 6.45) is 7.76. The van der Waals surface area contributed by atoms with E-state index in [9.17, 15) is 4.79 Å². The summed E-state index contributed by atoms with van der Waals surface area (Å²) < 4.78 is 2.06. The minimum absolute atomic E-state index is 0.0602. The molecular weight excluding hydrogens is 392 g/mol. The summed E-state index contributed by atoms with van der Waals surface area (Å²) in [5, 5.41) is 2.88. The standard InChI is InChI=1S/C24H20N4OS/c1-15-3-4-17(13-26-15)16-5-6-19-20(11-16)28-14-18(22-25-9-10-30-22)12-21(28)23(29)27(2)24(19)7-8-24/h3-6,9-14H,7-8H2,1-2H3. The maximum atomic E-state index is 13.4. The Bertz CT molecular complexity index is 1280. The Morgan fingerprint density at radius 1 is 1.03 bits per heavy atom. The number of amides is 1. The molecule has 5 nitrogen and oxygen atoms in total. The van der Waals surface area contributed by atoms with Crippen molar-refractivity contribution < 1.29 is 4.79 Å². The van der Waals surface area contributed by atoms with Gasteiger partial charge in [0, 0.05) is 53.4 Å². The SMILES string of the molecule is Cc1ccc(-c2ccc3c(c2)-n2cc(-c4nccs4)cc2C(=O)N(C)C32CC2)cn1. The number of carbonyl (C=O) groups is 1. The maximum absolute atomic E-state index is 13.4. The molecule has 1 amide bonds. The lowest BCUT2D eigenvalue weighted by molar-refractivity contribution is 0.0705. The lowest BCUT2D eigenvalue weighted by Crippen LogP contribution is -2.36. The predicted molar refractivity (Wildman–Crippen MR) is 118 cm³/mol. The summed E-state index contributed by atoms with van der Waals surface area (Å²) in [7, 11) is 1.93. The van der Waals surface area contributed by atoms with Gasteiger partial charge in [0.05, 0.1) is 11.2 Å². The van der Waals surface area contributed by atoms with Crippen LogP contribution < -0.4 is 0 Å². The molecule has 1 fully saturated rings. The van der Waals surface area contributed by atoms with Crippen molar-refractivity contribution in [2.45, 2.75) is 25.3 Å². The zero-order chi connectivity index (χ0) is 20.5. The molecule has 1 aliphatic heterocycles. The summed E-state index contributed by atoms with van der Waals surface area (Å²) in [4.78, 5) is 24.2. The topological polar surface area (TPSA) is 51.0 Å². The fourth-order valence-corrected chi connectivity index (χ4v) is 5.14. The Morgan fingerprint density at radius 2 is 1.87 bits per heavy atom. The second-order valence-electron chi connectivity index (χ2n) is 8.14. The van der Waals surface area contributed by atoms with Gasteiger partial charge in [0.25, 0.3) is 5.91 Å². The summed E-state index contributed by atoms with van der Waals surface area (Å²) in [5.41, 5.74) is 6.92. The van der Waals surface area contributed by atoms with Gasteiger partial charge < -0.3 is 9.47 Å². The lowest BCUT2D eigenvalue weighted by atomic mass is 9.97. The van der Waals surface area contributed by atoms with Crippen molar-refractivity contribution in [1.82, 2.24) is 19.4 Å². The van der Waals surface area contributed by atoms with E-state index in [0.717, 1.165) is 45.9 Å². The van der Waals surface area contributed by atoms with Gasteiger partial charge in [-0.3, -0.25) is 9.78 Å². The molecule has 0 atom stereocenters. The molecule has 2 aliphatic rings. The number of hydrogen-bond acceptors (Lipinski definition) is 4. The highest BCUT2D eigenvalue weighted by Gasteiger charge is 2.53. The van der Waals surface area contributed by atoms with Crippen LogP contribution in [0, 0.1) is 6.92 Å². The lowest BCUT2D eigenvalue weighted by Gasteiger charge is -2.27. The Kier molecular flexibility index (Phi) is 3.59. The third kappa shape index (κ3) is 2.43. The van der Waals surface area contributed by atoms with Crippen LogP contribution in [0.4, 0.5) is 0 Å². The summed E-state index contributed by atoms with van der Waals surface area (Å²) in [6.45, 7) is 1.99. The molecule has 0 bridgehead atoms. The van der Waals surface area contributed by atoms with Gasteiger partial charge in [-0.1, -0.05) is 18.2 Å². The molecule has 1 aromatic carbocycles. The van der Waals surface area contributed by atoms with Gasteiger partial charge in [-0.2, -0.15) is 0 Å².